The Morgan fingerprint density at radius 3 is 2.65 bits per heavy atom. The predicted octanol–water partition coefficient (Wildman–Crippen LogP) is 6.35. The molecule has 0 aliphatic heterocycles. The highest BCUT2D eigenvalue weighted by atomic mass is 79.9. The van der Waals surface area contributed by atoms with E-state index in [0.29, 0.717) is 13.2 Å². The molecule has 3 aromatic rings. The van der Waals surface area contributed by atoms with Crippen molar-refractivity contribution in [1.29, 1.82) is 0 Å². The van der Waals surface area contributed by atoms with Crippen LogP contribution in [-0.4, -0.2) is 23.2 Å². The molecule has 0 aliphatic carbocycles. The van der Waals surface area contributed by atoms with E-state index in [1.54, 1.807) is 0 Å². The Bertz CT molecular complexity index is 827. The van der Waals surface area contributed by atoms with Gasteiger partial charge in [0.1, 0.15) is 5.82 Å². The number of para-hydroxylation sites is 2. The fraction of sp³-hybridized carbons (Fsp3) is 0.381. The molecule has 0 atom stereocenters. The number of benzene rings is 2. The van der Waals surface area contributed by atoms with Crippen LogP contribution in [-0.2, 0) is 0 Å². The van der Waals surface area contributed by atoms with Crippen molar-refractivity contribution < 1.29 is 9.47 Å². The lowest BCUT2D eigenvalue weighted by Gasteiger charge is -2.15. The smallest absolute Gasteiger partial charge is 0.175 e. The van der Waals surface area contributed by atoms with E-state index in [-0.39, 0.29) is 0 Å². The standard InChI is InChI=1S/C21H25BrN2O2/c1-3-5-6-9-12-26-20-16(22)13-15(14-19(20)25-4-2)21-23-17-10-7-8-11-18(17)24-21/h7-8,10-11,13-14H,3-6,9,12H2,1-2H3,(H,23,24). The highest BCUT2D eigenvalue weighted by molar-refractivity contribution is 9.10. The minimum atomic E-state index is 0.586. The van der Waals surface area contributed by atoms with Gasteiger partial charge in [-0.25, -0.2) is 4.98 Å². The molecule has 4 nitrogen and oxygen atoms in total. The number of ether oxygens (including phenoxy) is 2. The lowest BCUT2D eigenvalue weighted by atomic mass is 10.2. The van der Waals surface area contributed by atoms with E-state index in [0.717, 1.165) is 44.8 Å². The first-order valence-corrected chi connectivity index (χ1v) is 10.1. The maximum absolute atomic E-state index is 6.01. The van der Waals surface area contributed by atoms with E-state index < -0.39 is 0 Å². The van der Waals surface area contributed by atoms with E-state index >= 15 is 0 Å². The second kappa shape index (κ2) is 9.08. The van der Waals surface area contributed by atoms with Crippen LogP contribution in [0, 0.1) is 0 Å². The van der Waals surface area contributed by atoms with E-state index in [9.17, 15) is 0 Å². The fourth-order valence-corrected chi connectivity index (χ4v) is 3.46. The van der Waals surface area contributed by atoms with Gasteiger partial charge in [-0.2, -0.15) is 0 Å². The van der Waals surface area contributed by atoms with Crippen LogP contribution in [0.2, 0.25) is 0 Å². The van der Waals surface area contributed by atoms with Gasteiger partial charge in [0.2, 0.25) is 0 Å². The minimum Gasteiger partial charge on any atom is -0.490 e. The average molecular weight is 417 g/mol. The zero-order valence-corrected chi connectivity index (χ0v) is 16.9. The molecule has 2 aromatic carbocycles. The van der Waals surface area contributed by atoms with Gasteiger partial charge in [-0.15, -0.1) is 0 Å². The zero-order chi connectivity index (χ0) is 18.4. The van der Waals surface area contributed by atoms with Crippen LogP contribution in [0.1, 0.15) is 39.5 Å². The number of hydrogen-bond donors (Lipinski definition) is 1. The highest BCUT2D eigenvalue weighted by Gasteiger charge is 2.15. The first kappa shape index (κ1) is 18.8. The number of aromatic nitrogens is 2. The molecular weight excluding hydrogens is 392 g/mol. The molecule has 0 aliphatic rings. The second-order valence-electron chi connectivity index (χ2n) is 6.23. The molecule has 0 amide bonds. The number of halogens is 1. The number of aromatic amines is 1. The van der Waals surface area contributed by atoms with Gasteiger partial charge in [0.05, 0.1) is 28.7 Å². The molecule has 0 spiro atoms. The van der Waals surface area contributed by atoms with Crippen molar-refractivity contribution in [2.24, 2.45) is 0 Å². The number of unbranched alkanes of at least 4 members (excludes halogenated alkanes) is 3. The maximum Gasteiger partial charge on any atom is 0.175 e. The third kappa shape index (κ3) is 4.39. The third-order valence-electron chi connectivity index (χ3n) is 4.22. The molecule has 0 saturated carbocycles. The largest absolute Gasteiger partial charge is 0.490 e. The van der Waals surface area contributed by atoms with E-state index in [1.807, 2.05) is 43.3 Å². The molecule has 1 aromatic heterocycles. The number of hydrogen-bond acceptors (Lipinski definition) is 3. The Morgan fingerprint density at radius 2 is 1.88 bits per heavy atom. The Balaban J connectivity index is 1.85. The molecule has 5 heteroatoms. The Labute approximate surface area is 163 Å². The summed E-state index contributed by atoms with van der Waals surface area (Å²) >= 11 is 3.65. The Morgan fingerprint density at radius 1 is 1.04 bits per heavy atom. The number of nitrogens with zero attached hydrogens (tertiary/aromatic N) is 1. The van der Waals surface area contributed by atoms with Crippen molar-refractivity contribution in [3.63, 3.8) is 0 Å². The molecule has 0 unspecified atom stereocenters. The van der Waals surface area contributed by atoms with Crippen molar-refractivity contribution in [2.45, 2.75) is 39.5 Å². The van der Waals surface area contributed by atoms with Crippen molar-refractivity contribution in [3.8, 4) is 22.9 Å². The molecule has 0 saturated heterocycles. The molecule has 0 radical (unpaired) electrons. The van der Waals surface area contributed by atoms with Crippen molar-refractivity contribution in [1.82, 2.24) is 9.97 Å². The molecule has 1 N–H and O–H groups in total. The van der Waals surface area contributed by atoms with Gasteiger partial charge in [0, 0.05) is 5.56 Å². The van der Waals surface area contributed by atoms with Crippen molar-refractivity contribution >= 4 is 27.0 Å². The topological polar surface area (TPSA) is 47.1 Å². The number of imidazole rings is 1. The van der Waals surface area contributed by atoms with Gasteiger partial charge >= 0.3 is 0 Å². The summed E-state index contributed by atoms with van der Waals surface area (Å²) in [6, 6.07) is 12.0. The van der Waals surface area contributed by atoms with Crippen molar-refractivity contribution in [2.75, 3.05) is 13.2 Å². The molecule has 26 heavy (non-hydrogen) atoms. The Kier molecular flexibility index (Phi) is 6.56. The molecule has 138 valence electrons. The molecule has 0 fully saturated rings. The first-order valence-electron chi connectivity index (χ1n) is 9.27. The molecule has 3 rings (SSSR count). The van der Waals surface area contributed by atoms with Gasteiger partial charge in [0.15, 0.2) is 11.5 Å². The van der Waals surface area contributed by atoms with Crippen LogP contribution >= 0.6 is 15.9 Å². The number of nitrogens with one attached hydrogen (secondary N) is 1. The predicted molar refractivity (Wildman–Crippen MR) is 110 cm³/mol. The summed E-state index contributed by atoms with van der Waals surface area (Å²) in [5.41, 5.74) is 2.94. The molecule has 0 bridgehead atoms. The van der Waals surface area contributed by atoms with E-state index in [4.69, 9.17) is 9.47 Å². The highest BCUT2D eigenvalue weighted by Crippen LogP contribution is 2.39. The minimum absolute atomic E-state index is 0.586. The lowest BCUT2D eigenvalue weighted by molar-refractivity contribution is 0.269. The van der Waals surface area contributed by atoms with E-state index in [2.05, 4.69) is 32.8 Å². The lowest BCUT2D eigenvalue weighted by Crippen LogP contribution is -2.02. The second-order valence-corrected chi connectivity index (χ2v) is 7.08. The fourth-order valence-electron chi connectivity index (χ4n) is 2.90. The summed E-state index contributed by atoms with van der Waals surface area (Å²) in [4.78, 5) is 8.04. The van der Waals surface area contributed by atoms with Gasteiger partial charge < -0.3 is 14.5 Å². The molecular formula is C21H25BrN2O2. The first-order chi connectivity index (χ1) is 12.7. The van der Waals surface area contributed by atoms with Crippen LogP contribution in [0.3, 0.4) is 0 Å². The zero-order valence-electron chi connectivity index (χ0n) is 15.3. The SMILES string of the molecule is CCCCCCOc1c(Br)cc(-c2nc3ccccc3[nH]2)cc1OCC. The number of rotatable bonds is 9. The third-order valence-corrected chi connectivity index (χ3v) is 4.81. The van der Waals surface area contributed by atoms with Crippen molar-refractivity contribution in [3.05, 3.63) is 40.9 Å². The monoisotopic (exact) mass is 416 g/mol. The quantitative estimate of drug-likeness (QED) is 0.413. The van der Waals surface area contributed by atoms with Crippen LogP contribution in [0.15, 0.2) is 40.9 Å². The summed E-state index contributed by atoms with van der Waals surface area (Å²) < 4.78 is 12.7. The van der Waals surface area contributed by atoms with Gasteiger partial charge in [0.25, 0.3) is 0 Å². The summed E-state index contributed by atoms with van der Waals surface area (Å²) in [5, 5.41) is 0. The normalized spacial score (nSPS) is 11.0. The van der Waals surface area contributed by atoms with Crippen LogP contribution in [0.4, 0.5) is 0 Å². The molecule has 1 heterocycles. The van der Waals surface area contributed by atoms with Gasteiger partial charge in [-0.1, -0.05) is 38.3 Å². The summed E-state index contributed by atoms with van der Waals surface area (Å²) in [6.07, 6.45) is 4.71. The van der Waals surface area contributed by atoms with Crippen LogP contribution in [0.25, 0.3) is 22.4 Å². The summed E-state index contributed by atoms with van der Waals surface area (Å²) in [6.45, 7) is 5.47. The van der Waals surface area contributed by atoms with Gasteiger partial charge in [-0.05, 0) is 53.5 Å². The number of H-pyrrole nitrogens is 1. The Hall–Kier alpha value is -2.01. The van der Waals surface area contributed by atoms with E-state index in [1.165, 1.54) is 19.3 Å². The van der Waals surface area contributed by atoms with Crippen LogP contribution < -0.4 is 9.47 Å². The van der Waals surface area contributed by atoms with Gasteiger partial charge in [-0.3, -0.25) is 0 Å². The summed E-state index contributed by atoms with van der Waals surface area (Å²) in [7, 11) is 0. The van der Waals surface area contributed by atoms with Crippen LogP contribution in [0.5, 0.6) is 11.5 Å². The average Bonchev–Trinajstić information content (AvgIpc) is 3.07. The summed E-state index contributed by atoms with van der Waals surface area (Å²) in [5.74, 6) is 2.33. The maximum atomic E-state index is 6.01. The number of fused-ring (bicyclic) bond motifs is 1.